The zero-order valence-corrected chi connectivity index (χ0v) is 17.4. The molecule has 4 heteroatoms. The van der Waals surface area contributed by atoms with Gasteiger partial charge in [-0.15, -0.1) is 11.8 Å². The number of nitrogens with zero attached hydrogens (tertiary/aromatic N) is 1. The van der Waals surface area contributed by atoms with Crippen LogP contribution in [0.2, 0.25) is 0 Å². The highest BCUT2D eigenvalue weighted by Crippen LogP contribution is 2.29. The molecule has 0 saturated heterocycles. The van der Waals surface area contributed by atoms with E-state index in [2.05, 4.69) is 37.3 Å². The van der Waals surface area contributed by atoms with Crippen LogP contribution in [0.1, 0.15) is 37.7 Å². The Morgan fingerprint density at radius 1 is 1.04 bits per heavy atom. The van der Waals surface area contributed by atoms with Crippen molar-refractivity contribution in [2.24, 2.45) is 10.9 Å². The molecule has 2 aromatic carbocycles. The number of halogens is 1. The Hall–Kier alpha value is -1.52. The zero-order valence-electron chi connectivity index (χ0n) is 15.7. The van der Waals surface area contributed by atoms with E-state index < -0.39 is 0 Å². The Kier molecular flexibility index (Phi) is 8.03. The van der Waals surface area contributed by atoms with Gasteiger partial charge in [-0.1, -0.05) is 48.7 Å². The van der Waals surface area contributed by atoms with Gasteiger partial charge in [-0.25, -0.2) is 9.38 Å². The van der Waals surface area contributed by atoms with Crippen LogP contribution in [0.4, 0.5) is 10.1 Å². The first-order valence-electron chi connectivity index (χ1n) is 9.56. The topological polar surface area (TPSA) is 12.4 Å². The summed E-state index contributed by atoms with van der Waals surface area (Å²) in [4.78, 5) is 5.88. The molecule has 0 aromatic heterocycles. The van der Waals surface area contributed by atoms with Gasteiger partial charge in [-0.3, -0.25) is 0 Å². The van der Waals surface area contributed by atoms with Crippen LogP contribution in [-0.4, -0.2) is 10.8 Å². The molecule has 1 aliphatic rings. The normalized spacial score (nSPS) is 16.1. The minimum absolute atomic E-state index is 0.201. The fraction of sp³-hybridized carbons (Fsp3) is 0.348. The van der Waals surface area contributed by atoms with Crippen molar-refractivity contribution < 1.29 is 4.39 Å². The van der Waals surface area contributed by atoms with Gasteiger partial charge in [-0.05, 0) is 73.6 Å². The largest absolute Gasteiger partial charge is 0.242 e. The van der Waals surface area contributed by atoms with Gasteiger partial charge >= 0.3 is 0 Å². The maximum Gasteiger partial charge on any atom is 0.123 e. The zero-order chi connectivity index (χ0) is 18.9. The second-order valence-electron chi connectivity index (χ2n) is 6.98. The summed E-state index contributed by atoms with van der Waals surface area (Å²) in [5.41, 5.74) is 2.23. The quantitative estimate of drug-likeness (QED) is 0.279. The van der Waals surface area contributed by atoms with Crippen LogP contribution < -0.4 is 0 Å². The lowest BCUT2D eigenvalue weighted by atomic mass is 9.91. The molecule has 0 atom stereocenters. The van der Waals surface area contributed by atoms with Crippen molar-refractivity contribution in [3.8, 4) is 0 Å². The molecule has 0 radical (unpaired) electrons. The van der Waals surface area contributed by atoms with E-state index in [0.717, 1.165) is 27.3 Å². The van der Waals surface area contributed by atoms with Crippen LogP contribution in [0, 0.1) is 18.7 Å². The maximum atomic E-state index is 13.0. The monoisotopic (exact) mass is 399 g/mol. The average molecular weight is 400 g/mol. The molecule has 0 N–H and O–H groups in total. The molecule has 0 unspecified atom stereocenters. The Bertz CT molecular complexity index is 760. The summed E-state index contributed by atoms with van der Waals surface area (Å²) in [5.74, 6) is 1.74. The van der Waals surface area contributed by atoms with Gasteiger partial charge in [0, 0.05) is 10.6 Å². The standard InChI is InChI=1S/C23H26FNS2/c1-18-7-11-21(12-8-18)25-23(27-17-19-5-3-2-4-6-19)15-16-26-22-13-9-20(24)10-14-22/h7-16,19H,2-6,17H2,1H3. The number of thioether (sulfide) groups is 2. The molecule has 1 fully saturated rings. The van der Waals surface area contributed by atoms with Gasteiger partial charge in [0.25, 0.3) is 0 Å². The van der Waals surface area contributed by atoms with Gasteiger partial charge in [0.05, 0.1) is 10.7 Å². The van der Waals surface area contributed by atoms with E-state index in [1.807, 2.05) is 17.2 Å². The Morgan fingerprint density at radius 2 is 1.74 bits per heavy atom. The van der Waals surface area contributed by atoms with Crippen LogP contribution in [0.25, 0.3) is 0 Å². The molecule has 27 heavy (non-hydrogen) atoms. The molecule has 142 valence electrons. The molecule has 0 bridgehead atoms. The van der Waals surface area contributed by atoms with Crippen molar-refractivity contribution in [3.05, 3.63) is 71.4 Å². The lowest BCUT2D eigenvalue weighted by Crippen LogP contribution is -2.09. The van der Waals surface area contributed by atoms with E-state index in [0.29, 0.717) is 0 Å². The van der Waals surface area contributed by atoms with Crippen LogP contribution in [-0.2, 0) is 0 Å². The molecule has 2 aromatic rings. The third kappa shape index (κ3) is 7.19. The third-order valence-corrected chi connectivity index (χ3v) is 6.67. The molecular formula is C23H26FNS2. The first-order valence-corrected chi connectivity index (χ1v) is 11.4. The summed E-state index contributed by atoms with van der Waals surface area (Å²) < 4.78 is 13.0. The van der Waals surface area contributed by atoms with Crippen LogP contribution in [0.15, 0.2) is 69.9 Å². The van der Waals surface area contributed by atoms with Crippen molar-refractivity contribution in [3.63, 3.8) is 0 Å². The fourth-order valence-corrected chi connectivity index (χ4v) is 4.91. The molecular weight excluding hydrogens is 373 g/mol. The first-order chi connectivity index (χ1) is 13.2. The first kappa shape index (κ1) is 20.2. The summed E-state index contributed by atoms with van der Waals surface area (Å²) >= 11 is 3.45. The van der Waals surface area contributed by atoms with Crippen LogP contribution >= 0.6 is 23.5 Å². The van der Waals surface area contributed by atoms with E-state index >= 15 is 0 Å². The summed E-state index contributed by atoms with van der Waals surface area (Å²) in [6.45, 7) is 2.09. The minimum atomic E-state index is -0.201. The summed E-state index contributed by atoms with van der Waals surface area (Å²) in [6.07, 6.45) is 8.90. The van der Waals surface area contributed by atoms with Gasteiger partial charge in [0.1, 0.15) is 5.82 Å². The number of aliphatic imine (C=N–C) groups is 1. The van der Waals surface area contributed by atoms with Crippen molar-refractivity contribution in [2.75, 3.05) is 5.75 Å². The minimum Gasteiger partial charge on any atom is -0.242 e. The SMILES string of the molecule is Cc1ccc(N=C(C=CSc2ccc(F)cc2)SCC2CCCCC2)cc1. The summed E-state index contributed by atoms with van der Waals surface area (Å²) in [5, 5.41) is 3.09. The number of benzene rings is 2. The molecule has 1 nitrogen and oxygen atoms in total. The Labute approximate surface area is 170 Å². The summed E-state index contributed by atoms with van der Waals surface area (Å²) in [7, 11) is 0. The van der Waals surface area contributed by atoms with Crippen molar-refractivity contribution in [2.45, 2.75) is 43.9 Å². The number of hydrogen-bond acceptors (Lipinski definition) is 3. The number of hydrogen-bond donors (Lipinski definition) is 0. The maximum absolute atomic E-state index is 13.0. The third-order valence-electron chi connectivity index (χ3n) is 4.69. The van der Waals surface area contributed by atoms with E-state index in [-0.39, 0.29) is 5.82 Å². The predicted octanol–water partition coefficient (Wildman–Crippen LogP) is 7.78. The highest BCUT2D eigenvalue weighted by Gasteiger charge is 2.14. The molecule has 0 heterocycles. The average Bonchev–Trinajstić information content (AvgIpc) is 2.70. The Morgan fingerprint density at radius 3 is 2.44 bits per heavy atom. The van der Waals surface area contributed by atoms with Crippen LogP contribution in [0.3, 0.4) is 0 Å². The molecule has 0 amide bonds. The Balaban J connectivity index is 1.66. The highest BCUT2D eigenvalue weighted by atomic mass is 32.2. The lowest BCUT2D eigenvalue weighted by Gasteiger charge is -2.20. The molecule has 3 rings (SSSR count). The second-order valence-corrected chi connectivity index (χ2v) is 8.99. The van der Waals surface area contributed by atoms with Gasteiger partial charge in [-0.2, -0.15) is 0 Å². The smallest absolute Gasteiger partial charge is 0.123 e. The summed E-state index contributed by atoms with van der Waals surface area (Å²) in [6, 6.07) is 14.9. The van der Waals surface area contributed by atoms with Crippen molar-refractivity contribution in [1.29, 1.82) is 0 Å². The number of aryl methyl sites for hydroxylation is 1. The van der Waals surface area contributed by atoms with Gasteiger partial charge in [0.15, 0.2) is 0 Å². The van der Waals surface area contributed by atoms with Crippen molar-refractivity contribution in [1.82, 2.24) is 0 Å². The predicted molar refractivity (Wildman–Crippen MR) is 119 cm³/mol. The van der Waals surface area contributed by atoms with Gasteiger partial charge in [0.2, 0.25) is 0 Å². The molecule has 1 saturated carbocycles. The molecule has 1 aliphatic carbocycles. The van der Waals surface area contributed by atoms with Crippen molar-refractivity contribution >= 4 is 34.3 Å². The fourth-order valence-electron chi connectivity index (χ4n) is 3.11. The highest BCUT2D eigenvalue weighted by molar-refractivity contribution is 8.14. The second kappa shape index (κ2) is 10.7. The van der Waals surface area contributed by atoms with E-state index in [9.17, 15) is 4.39 Å². The van der Waals surface area contributed by atoms with E-state index in [1.54, 1.807) is 23.9 Å². The lowest BCUT2D eigenvalue weighted by molar-refractivity contribution is 0.391. The van der Waals surface area contributed by atoms with E-state index in [4.69, 9.17) is 4.99 Å². The van der Waals surface area contributed by atoms with Gasteiger partial charge < -0.3 is 0 Å². The molecule has 0 aliphatic heterocycles. The number of rotatable bonds is 6. The van der Waals surface area contributed by atoms with Crippen LogP contribution in [0.5, 0.6) is 0 Å². The van der Waals surface area contributed by atoms with E-state index in [1.165, 1.54) is 49.8 Å². The molecule has 0 spiro atoms.